The molecular formula is C25H23ClN2O4. The smallest absolute Gasteiger partial charge is 0.269 e. The van der Waals surface area contributed by atoms with Crippen molar-refractivity contribution in [1.29, 1.82) is 0 Å². The molecule has 0 saturated heterocycles. The van der Waals surface area contributed by atoms with Crippen LogP contribution in [0.4, 0.5) is 11.4 Å². The van der Waals surface area contributed by atoms with Gasteiger partial charge < -0.3 is 9.47 Å². The zero-order valence-corrected chi connectivity index (χ0v) is 18.4. The Bertz CT molecular complexity index is 1130. The Hall–Kier alpha value is -3.64. The van der Waals surface area contributed by atoms with Crippen molar-refractivity contribution >= 4 is 29.2 Å². The number of nitrogens with zero attached hydrogens (tertiary/aromatic N) is 2. The molecule has 0 aliphatic rings. The summed E-state index contributed by atoms with van der Waals surface area (Å²) in [5, 5.41) is 11.5. The fraction of sp³-hybridized carbons (Fsp3) is 0.160. The van der Waals surface area contributed by atoms with Crippen LogP contribution < -0.4 is 9.47 Å². The van der Waals surface area contributed by atoms with E-state index >= 15 is 0 Å². The van der Waals surface area contributed by atoms with Crippen molar-refractivity contribution in [1.82, 2.24) is 0 Å². The number of nitro groups is 1. The first-order chi connectivity index (χ1) is 15.5. The van der Waals surface area contributed by atoms with Gasteiger partial charge >= 0.3 is 0 Å². The van der Waals surface area contributed by atoms with Crippen molar-refractivity contribution < 1.29 is 14.4 Å². The van der Waals surface area contributed by atoms with Gasteiger partial charge in [0.2, 0.25) is 0 Å². The van der Waals surface area contributed by atoms with Gasteiger partial charge in [-0.05, 0) is 49.2 Å². The van der Waals surface area contributed by atoms with Gasteiger partial charge in [0.15, 0.2) is 11.5 Å². The van der Waals surface area contributed by atoms with E-state index in [1.165, 1.54) is 12.1 Å². The molecule has 0 heterocycles. The van der Waals surface area contributed by atoms with Crippen LogP contribution in [0.15, 0.2) is 78.3 Å². The third-order valence-corrected chi connectivity index (χ3v) is 4.94. The minimum Gasteiger partial charge on any atom is -0.490 e. The van der Waals surface area contributed by atoms with Gasteiger partial charge in [-0.3, -0.25) is 15.1 Å². The molecule has 0 saturated carbocycles. The summed E-state index contributed by atoms with van der Waals surface area (Å²) in [4.78, 5) is 14.8. The summed E-state index contributed by atoms with van der Waals surface area (Å²) in [6, 6.07) is 17.4. The number of aliphatic imine (C=N–C) groups is 1. The normalized spacial score (nSPS) is 10.8. The number of allylic oxidation sites excluding steroid dienone is 1. The van der Waals surface area contributed by atoms with Gasteiger partial charge in [0.05, 0.1) is 17.2 Å². The Labute approximate surface area is 191 Å². The van der Waals surface area contributed by atoms with Crippen LogP contribution in [0.3, 0.4) is 0 Å². The first-order valence-corrected chi connectivity index (χ1v) is 10.4. The van der Waals surface area contributed by atoms with Crippen LogP contribution >= 0.6 is 11.6 Å². The summed E-state index contributed by atoms with van der Waals surface area (Å²) < 4.78 is 12.0. The predicted molar refractivity (Wildman–Crippen MR) is 128 cm³/mol. The fourth-order valence-corrected chi connectivity index (χ4v) is 3.26. The van der Waals surface area contributed by atoms with Gasteiger partial charge in [-0.2, -0.15) is 0 Å². The highest BCUT2D eigenvalue weighted by Gasteiger charge is 2.14. The van der Waals surface area contributed by atoms with E-state index in [9.17, 15) is 10.1 Å². The predicted octanol–water partition coefficient (Wildman–Crippen LogP) is 6.71. The van der Waals surface area contributed by atoms with Gasteiger partial charge in [-0.25, -0.2) is 0 Å². The molecule has 7 heteroatoms. The number of ether oxygens (including phenoxy) is 2. The average molecular weight is 451 g/mol. The van der Waals surface area contributed by atoms with Crippen molar-refractivity contribution in [2.75, 3.05) is 6.61 Å². The topological polar surface area (TPSA) is 74.0 Å². The van der Waals surface area contributed by atoms with E-state index in [1.807, 2.05) is 43.3 Å². The summed E-state index contributed by atoms with van der Waals surface area (Å²) in [7, 11) is 0. The summed E-state index contributed by atoms with van der Waals surface area (Å²) in [6.45, 7) is 6.53. The van der Waals surface area contributed by atoms with E-state index in [4.69, 9.17) is 21.1 Å². The Morgan fingerprint density at radius 1 is 1.09 bits per heavy atom. The van der Waals surface area contributed by atoms with E-state index in [-0.39, 0.29) is 5.69 Å². The number of benzene rings is 3. The van der Waals surface area contributed by atoms with Gasteiger partial charge in [0, 0.05) is 34.5 Å². The van der Waals surface area contributed by atoms with Crippen molar-refractivity contribution in [3.63, 3.8) is 0 Å². The molecule has 164 valence electrons. The van der Waals surface area contributed by atoms with E-state index < -0.39 is 4.92 Å². The maximum Gasteiger partial charge on any atom is 0.269 e. The second kappa shape index (κ2) is 11.1. The molecule has 0 N–H and O–H groups in total. The molecule has 0 atom stereocenters. The van der Waals surface area contributed by atoms with Crippen LogP contribution in [-0.4, -0.2) is 17.7 Å². The van der Waals surface area contributed by atoms with Crippen LogP contribution in [-0.2, 0) is 13.0 Å². The molecule has 6 nitrogen and oxygen atoms in total. The molecule has 0 radical (unpaired) electrons. The van der Waals surface area contributed by atoms with Crippen LogP contribution in [0.1, 0.15) is 23.6 Å². The first-order valence-electron chi connectivity index (χ1n) is 10.1. The van der Waals surface area contributed by atoms with Crippen molar-refractivity contribution in [2.24, 2.45) is 4.99 Å². The maximum absolute atomic E-state index is 10.8. The van der Waals surface area contributed by atoms with Gasteiger partial charge in [-0.15, -0.1) is 6.58 Å². The molecule has 0 aliphatic carbocycles. The molecule has 0 amide bonds. The quantitative estimate of drug-likeness (QED) is 0.149. The molecule has 0 aromatic heterocycles. The molecule has 3 aromatic rings. The summed E-state index contributed by atoms with van der Waals surface area (Å²) in [5.41, 5.74) is 3.23. The van der Waals surface area contributed by atoms with Crippen LogP contribution in [0.2, 0.25) is 5.02 Å². The lowest BCUT2D eigenvalue weighted by Gasteiger charge is -2.17. The summed E-state index contributed by atoms with van der Waals surface area (Å²) in [5.74, 6) is 1.24. The summed E-state index contributed by atoms with van der Waals surface area (Å²) >= 11 is 6.26. The zero-order valence-electron chi connectivity index (χ0n) is 17.7. The molecule has 0 aliphatic heterocycles. The number of nitro benzene ring substituents is 1. The van der Waals surface area contributed by atoms with E-state index in [0.717, 1.165) is 16.7 Å². The largest absolute Gasteiger partial charge is 0.490 e. The van der Waals surface area contributed by atoms with Gasteiger partial charge in [-0.1, -0.05) is 35.9 Å². The molecular weight excluding hydrogens is 428 g/mol. The van der Waals surface area contributed by atoms with Crippen LogP contribution in [0, 0.1) is 10.1 Å². The highest BCUT2D eigenvalue weighted by Crippen LogP contribution is 2.35. The van der Waals surface area contributed by atoms with E-state index in [2.05, 4.69) is 11.6 Å². The Morgan fingerprint density at radius 2 is 1.84 bits per heavy atom. The van der Waals surface area contributed by atoms with E-state index in [1.54, 1.807) is 24.4 Å². The standard InChI is InChI=1S/C25H23ClN2O4/c1-3-7-19-14-18(16-27-21-10-12-22(13-11-21)28(29)30)15-24(31-4-2)25(19)32-17-20-8-5-6-9-23(20)26/h3,5-6,8-16H,1,4,7,17H2,2H3. The number of non-ortho nitro benzene ring substituents is 1. The van der Waals surface area contributed by atoms with Gasteiger partial charge in [0.25, 0.3) is 5.69 Å². The monoisotopic (exact) mass is 450 g/mol. The minimum absolute atomic E-state index is 0.0240. The Kier molecular flexibility index (Phi) is 8.00. The lowest BCUT2D eigenvalue weighted by molar-refractivity contribution is -0.384. The Morgan fingerprint density at radius 3 is 2.50 bits per heavy atom. The number of rotatable bonds is 10. The Balaban J connectivity index is 1.90. The maximum atomic E-state index is 10.8. The molecule has 3 aromatic carbocycles. The zero-order chi connectivity index (χ0) is 22.9. The molecule has 0 spiro atoms. The molecule has 0 unspecified atom stereocenters. The lowest BCUT2D eigenvalue weighted by atomic mass is 10.1. The molecule has 0 fully saturated rings. The highest BCUT2D eigenvalue weighted by molar-refractivity contribution is 6.31. The van der Waals surface area contributed by atoms with E-state index in [0.29, 0.717) is 41.8 Å². The molecule has 3 rings (SSSR count). The third kappa shape index (κ3) is 5.95. The second-order valence-corrected chi connectivity index (χ2v) is 7.25. The SMILES string of the molecule is C=CCc1cc(C=Nc2ccc([N+](=O)[O-])cc2)cc(OCC)c1OCc1ccccc1Cl. The number of halogens is 1. The second-order valence-electron chi connectivity index (χ2n) is 6.84. The number of hydrogen-bond donors (Lipinski definition) is 0. The van der Waals surface area contributed by atoms with Gasteiger partial charge in [0.1, 0.15) is 6.61 Å². The fourth-order valence-electron chi connectivity index (χ4n) is 3.07. The third-order valence-electron chi connectivity index (χ3n) is 4.57. The van der Waals surface area contributed by atoms with Crippen molar-refractivity contribution in [2.45, 2.75) is 20.0 Å². The first kappa shape index (κ1) is 23.0. The van der Waals surface area contributed by atoms with Crippen molar-refractivity contribution in [3.8, 4) is 11.5 Å². The number of hydrogen-bond acceptors (Lipinski definition) is 5. The van der Waals surface area contributed by atoms with Crippen molar-refractivity contribution in [3.05, 3.63) is 105 Å². The molecule has 0 bridgehead atoms. The van der Waals surface area contributed by atoms with Crippen LogP contribution in [0.5, 0.6) is 11.5 Å². The summed E-state index contributed by atoms with van der Waals surface area (Å²) in [6.07, 6.45) is 4.07. The highest BCUT2D eigenvalue weighted by atomic mass is 35.5. The lowest BCUT2D eigenvalue weighted by Crippen LogP contribution is -2.04. The molecule has 32 heavy (non-hydrogen) atoms. The van der Waals surface area contributed by atoms with Crippen LogP contribution in [0.25, 0.3) is 0 Å². The average Bonchev–Trinajstić information content (AvgIpc) is 2.79. The minimum atomic E-state index is -0.440.